The Morgan fingerprint density at radius 2 is 2.12 bits per heavy atom. The maximum atomic E-state index is 13.4. The van der Waals surface area contributed by atoms with Crippen LogP contribution in [0.5, 0.6) is 5.88 Å². The number of rotatable bonds is 3. The zero-order chi connectivity index (χ0) is 12.3. The second-order valence-electron chi connectivity index (χ2n) is 3.43. The molecule has 2 heterocycles. The molecule has 0 saturated heterocycles. The number of nitrogens with zero attached hydrogens (tertiary/aromatic N) is 2. The summed E-state index contributed by atoms with van der Waals surface area (Å²) in [5.74, 6) is -0.105. The lowest BCUT2D eigenvalue weighted by molar-refractivity contribution is 0.214. The van der Waals surface area contributed by atoms with E-state index in [2.05, 4.69) is 9.97 Å². The summed E-state index contributed by atoms with van der Waals surface area (Å²) in [5.41, 5.74) is 0.669. The highest BCUT2D eigenvalue weighted by molar-refractivity contribution is 5.29. The second kappa shape index (κ2) is 4.88. The maximum Gasteiger partial charge on any atom is 0.212 e. The first-order valence-electron chi connectivity index (χ1n) is 5.00. The van der Waals surface area contributed by atoms with Crippen LogP contribution < -0.4 is 4.74 Å². The number of halogens is 1. The quantitative estimate of drug-likeness (QED) is 0.878. The van der Waals surface area contributed by atoms with Crippen molar-refractivity contribution in [3.63, 3.8) is 0 Å². The van der Waals surface area contributed by atoms with Gasteiger partial charge < -0.3 is 9.84 Å². The topological polar surface area (TPSA) is 55.2 Å². The minimum atomic E-state index is -1.06. The molecule has 17 heavy (non-hydrogen) atoms. The highest BCUT2D eigenvalue weighted by Crippen LogP contribution is 2.23. The van der Waals surface area contributed by atoms with Crippen molar-refractivity contribution < 1.29 is 14.2 Å². The van der Waals surface area contributed by atoms with Crippen molar-refractivity contribution in [1.29, 1.82) is 0 Å². The monoisotopic (exact) mass is 234 g/mol. The number of hydrogen-bond acceptors (Lipinski definition) is 4. The summed E-state index contributed by atoms with van der Waals surface area (Å²) in [5, 5.41) is 9.99. The summed E-state index contributed by atoms with van der Waals surface area (Å²) in [6, 6.07) is 4.68. The van der Waals surface area contributed by atoms with E-state index in [4.69, 9.17) is 4.74 Å². The molecule has 0 saturated carbocycles. The van der Waals surface area contributed by atoms with Crippen LogP contribution in [0.25, 0.3) is 0 Å². The number of aliphatic hydroxyl groups excluding tert-OH is 1. The van der Waals surface area contributed by atoms with E-state index in [0.717, 1.165) is 6.20 Å². The average Bonchev–Trinajstić information content (AvgIpc) is 2.39. The van der Waals surface area contributed by atoms with Gasteiger partial charge in [0.1, 0.15) is 11.9 Å². The van der Waals surface area contributed by atoms with Crippen LogP contribution in [-0.2, 0) is 0 Å². The number of methoxy groups -OCH3 is 1. The van der Waals surface area contributed by atoms with Crippen LogP contribution >= 0.6 is 0 Å². The SMILES string of the molecule is COc1ccc(C(O)c2ccncc2F)cn1. The fraction of sp³-hybridized carbons (Fsp3) is 0.167. The summed E-state index contributed by atoms with van der Waals surface area (Å²) >= 11 is 0. The molecule has 0 spiro atoms. The lowest BCUT2D eigenvalue weighted by Crippen LogP contribution is -2.03. The van der Waals surface area contributed by atoms with Crippen LogP contribution in [0.4, 0.5) is 4.39 Å². The molecule has 0 radical (unpaired) electrons. The van der Waals surface area contributed by atoms with Crippen LogP contribution in [0.15, 0.2) is 36.8 Å². The number of ether oxygens (including phenoxy) is 1. The molecule has 0 fully saturated rings. The van der Waals surface area contributed by atoms with E-state index in [-0.39, 0.29) is 5.56 Å². The molecule has 0 amide bonds. The van der Waals surface area contributed by atoms with Gasteiger partial charge in [0.05, 0.1) is 13.3 Å². The molecule has 0 bridgehead atoms. The Hall–Kier alpha value is -2.01. The van der Waals surface area contributed by atoms with E-state index in [9.17, 15) is 9.50 Å². The van der Waals surface area contributed by atoms with Crippen molar-refractivity contribution >= 4 is 0 Å². The molecular formula is C12H11FN2O2. The summed E-state index contributed by atoms with van der Waals surface area (Å²) in [4.78, 5) is 7.58. The van der Waals surface area contributed by atoms with Crippen molar-refractivity contribution in [1.82, 2.24) is 9.97 Å². The summed E-state index contributed by atoms with van der Waals surface area (Å²) in [6.45, 7) is 0. The first-order valence-corrected chi connectivity index (χ1v) is 5.00. The normalized spacial score (nSPS) is 12.2. The highest BCUT2D eigenvalue weighted by atomic mass is 19.1. The minimum absolute atomic E-state index is 0.173. The van der Waals surface area contributed by atoms with Gasteiger partial charge in [0.2, 0.25) is 5.88 Å². The van der Waals surface area contributed by atoms with Gasteiger partial charge in [-0.2, -0.15) is 0 Å². The van der Waals surface area contributed by atoms with Crippen molar-refractivity contribution in [3.05, 3.63) is 53.7 Å². The van der Waals surface area contributed by atoms with E-state index >= 15 is 0 Å². The Morgan fingerprint density at radius 3 is 2.71 bits per heavy atom. The summed E-state index contributed by atoms with van der Waals surface area (Å²) < 4.78 is 18.3. The molecular weight excluding hydrogens is 223 g/mol. The van der Waals surface area contributed by atoms with Gasteiger partial charge in [-0.05, 0) is 12.1 Å². The van der Waals surface area contributed by atoms with Gasteiger partial charge in [0.25, 0.3) is 0 Å². The minimum Gasteiger partial charge on any atom is -0.481 e. The number of pyridine rings is 2. The lowest BCUT2D eigenvalue weighted by atomic mass is 10.0. The summed E-state index contributed by atoms with van der Waals surface area (Å²) in [7, 11) is 1.50. The van der Waals surface area contributed by atoms with Gasteiger partial charge in [-0.1, -0.05) is 0 Å². The average molecular weight is 234 g/mol. The standard InChI is InChI=1S/C12H11FN2O2/c1-17-11-3-2-8(6-15-11)12(16)9-4-5-14-7-10(9)13/h2-7,12,16H,1H3. The van der Waals surface area contributed by atoms with E-state index < -0.39 is 11.9 Å². The Kier molecular flexibility index (Phi) is 3.30. The van der Waals surface area contributed by atoms with Gasteiger partial charge in [-0.3, -0.25) is 4.98 Å². The molecule has 0 aliphatic carbocycles. The predicted octanol–water partition coefficient (Wildman–Crippen LogP) is 1.71. The lowest BCUT2D eigenvalue weighted by Gasteiger charge is -2.11. The van der Waals surface area contributed by atoms with E-state index in [1.54, 1.807) is 12.1 Å². The first kappa shape index (κ1) is 11.5. The largest absolute Gasteiger partial charge is 0.481 e. The zero-order valence-corrected chi connectivity index (χ0v) is 9.17. The Labute approximate surface area is 97.7 Å². The molecule has 0 aliphatic rings. The smallest absolute Gasteiger partial charge is 0.212 e. The third-order valence-electron chi connectivity index (χ3n) is 2.38. The number of aromatic nitrogens is 2. The molecule has 4 nitrogen and oxygen atoms in total. The molecule has 2 aromatic rings. The Balaban J connectivity index is 2.30. The molecule has 0 aromatic carbocycles. The third kappa shape index (κ3) is 2.39. The van der Waals surface area contributed by atoms with E-state index in [1.807, 2.05) is 0 Å². The van der Waals surface area contributed by atoms with Gasteiger partial charge in [0.15, 0.2) is 0 Å². The van der Waals surface area contributed by atoms with E-state index in [1.165, 1.54) is 25.6 Å². The van der Waals surface area contributed by atoms with E-state index in [0.29, 0.717) is 11.4 Å². The highest BCUT2D eigenvalue weighted by Gasteiger charge is 2.15. The van der Waals surface area contributed by atoms with Crippen molar-refractivity contribution in [2.45, 2.75) is 6.10 Å². The van der Waals surface area contributed by atoms with Crippen molar-refractivity contribution in [2.75, 3.05) is 7.11 Å². The predicted molar refractivity (Wildman–Crippen MR) is 59.0 cm³/mol. The second-order valence-corrected chi connectivity index (χ2v) is 3.43. The molecule has 88 valence electrons. The fourth-order valence-corrected chi connectivity index (χ4v) is 1.46. The number of hydrogen-bond donors (Lipinski definition) is 1. The van der Waals surface area contributed by atoms with Crippen LogP contribution in [0, 0.1) is 5.82 Å². The zero-order valence-electron chi connectivity index (χ0n) is 9.17. The van der Waals surface area contributed by atoms with Crippen LogP contribution in [0.3, 0.4) is 0 Å². The first-order chi connectivity index (χ1) is 8.22. The molecule has 2 aromatic heterocycles. The van der Waals surface area contributed by atoms with Gasteiger partial charge in [-0.15, -0.1) is 0 Å². The van der Waals surface area contributed by atoms with Crippen LogP contribution in [0.1, 0.15) is 17.2 Å². The van der Waals surface area contributed by atoms with Gasteiger partial charge >= 0.3 is 0 Å². The molecule has 0 aliphatic heterocycles. The van der Waals surface area contributed by atoms with Crippen LogP contribution in [0.2, 0.25) is 0 Å². The Morgan fingerprint density at radius 1 is 1.29 bits per heavy atom. The molecule has 1 N–H and O–H groups in total. The van der Waals surface area contributed by atoms with Crippen molar-refractivity contribution in [2.24, 2.45) is 0 Å². The number of aliphatic hydroxyl groups is 1. The fourth-order valence-electron chi connectivity index (χ4n) is 1.46. The molecule has 1 unspecified atom stereocenters. The molecule has 2 rings (SSSR count). The third-order valence-corrected chi connectivity index (χ3v) is 2.38. The van der Waals surface area contributed by atoms with Gasteiger partial charge in [-0.25, -0.2) is 9.37 Å². The maximum absolute atomic E-state index is 13.4. The Bertz CT molecular complexity index is 502. The molecule has 1 atom stereocenters. The van der Waals surface area contributed by atoms with Gasteiger partial charge in [0, 0.05) is 29.6 Å². The molecule has 5 heteroatoms. The van der Waals surface area contributed by atoms with Crippen molar-refractivity contribution in [3.8, 4) is 5.88 Å². The van der Waals surface area contributed by atoms with Crippen LogP contribution in [-0.4, -0.2) is 22.2 Å². The summed E-state index contributed by atoms with van der Waals surface area (Å²) in [6.07, 6.45) is 2.88.